The third-order valence-corrected chi connectivity index (χ3v) is 2.15. The molecule has 0 radical (unpaired) electrons. The summed E-state index contributed by atoms with van der Waals surface area (Å²) in [6, 6.07) is 1.35. The lowest BCUT2D eigenvalue weighted by Crippen LogP contribution is -2.15. The molecule has 0 aliphatic heterocycles. The molecule has 1 aromatic carbocycles. The normalized spacial score (nSPS) is 12.9. The molecule has 0 atom stereocenters. The van der Waals surface area contributed by atoms with E-state index in [0.29, 0.717) is 18.2 Å². The summed E-state index contributed by atoms with van der Waals surface area (Å²) in [5.41, 5.74) is 2.47. The molecule has 0 fully saturated rings. The first-order valence-electron chi connectivity index (χ1n) is 4.63. The summed E-state index contributed by atoms with van der Waals surface area (Å²) in [7, 11) is 0. The zero-order chi connectivity index (χ0) is 13.3. The fourth-order valence-corrected chi connectivity index (χ4v) is 1.41. The molecule has 0 aliphatic carbocycles. The summed E-state index contributed by atoms with van der Waals surface area (Å²) in [4.78, 5) is 0. The van der Waals surface area contributed by atoms with Gasteiger partial charge in [0.1, 0.15) is 0 Å². The largest absolute Gasteiger partial charge is 0.416 e. The maximum atomic E-state index is 12.5. The summed E-state index contributed by atoms with van der Waals surface area (Å²) in [6.07, 6.45) is -9.58. The van der Waals surface area contributed by atoms with Gasteiger partial charge in [0.2, 0.25) is 0 Å². The number of nitrogens with two attached hydrogens (primary N) is 1. The van der Waals surface area contributed by atoms with E-state index in [4.69, 9.17) is 5.73 Å². The molecule has 1 nitrogen and oxygen atoms in total. The molecule has 0 amide bonds. The van der Waals surface area contributed by atoms with Crippen molar-refractivity contribution in [1.82, 2.24) is 0 Å². The molecule has 7 heteroatoms. The molecule has 1 aromatic rings. The minimum atomic E-state index is -4.67. The van der Waals surface area contributed by atoms with E-state index in [1.54, 1.807) is 0 Å². The molecular weight excluding hydrogens is 248 g/mol. The highest BCUT2D eigenvalue weighted by Gasteiger charge is 2.36. The molecule has 0 spiro atoms. The second kappa shape index (κ2) is 4.56. The number of hydrogen-bond acceptors (Lipinski definition) is 1. The molecule has 0 aliphatic rings. The van der Waals surface area contributed by atoms with E-state index >= 15 is 0 Å². The topological polar surface area (TPSA) is 26.0 Å². The molecule has 0 saturated carbocycles. The van der Waals surface area contributed by atoms with Gasteiger partial charge in [-0.2, -0.15) is 26.3 Å². The SMILES string of the molecule is NCCc1cc(C(F)(F)F)ccc1C(F)(F)F. The van der Waals surface area contributed by atoms with Gasteiger partial charge in [0.15, 0.2) is 0 Å². The van der Waals surface area contributed by atoms with E-state index in [0.717, 1.165) is 0 Å². The van der Waals surface area contributed by atoms with Crippen molar-refractivity contribution < 1.29 is 26.3 Å². The van der Waals surface area contributed by atoms with Crippen molar-refractivity contribution in [3.05, 3.63) is 34.9 Å². The lowest BCUT2D eigenvalue weighted by Gasteiger charge is -2.15. The Morgan fingerprint density at radius 1 is 0.941 bits per heavy atom. The van der Waals surface area contributed by atoms with Crippen LogP contribution in [0.15, 0.2) is 18.2 Å². The smallest absolute Gasteiger partial charge is 0.330 e. The van der Waals surface area contributed by atoms with Crippen molar-refractivity contribution in [2.75, 3.05) is 6.54 Å². The average molecular weight is 257 g/mol. The van der Waals surface area contributed by atoms with Crippen molar-refractivity contribution in [3.8, 4) is 0 Å². The Kier molecular flexibility index (Phi) is 3.71. The van der Waals surface area contributed by atoms with Crippen molar-refractivity contribution in [2.24, 2.45) is 5.73 Å². The van der Waals surface area contributed by atoms with E-state index in [2.05, 4.69) is 0 Å². The monoisotopic (exact) mass is 257 g/mol. The molecule has 0 bridgehead atoms. The number of benzene rings is 1. The summed E-state index contributed by atoms with van der Waals surface area (Å²) >= 11 is 0. The lowest BCUT2D eigenvalue weighted by molar-refractivity contribution is -0.141. The van der Waals surface area contributed by atoms with Crippen LogP contribution in [0.25, 0.3) is 0 Å². The summed E-state index contributed by atoms with van der Waals surface area (Å²) in [6.45, 7) is -0.148. The Morgan fingerprint density at radius 2 is 1.53 bits per heavy atom. The van der Waals surface area contributed by atoms with Crippen molar-refractivity contribution in [3.63, 3.8) is 0 Å². The molecular formula is C10H9F6N. The van der Waals surface area contributed by atoms with Gasteiger partial charge in [-0.15, -0.1) is 0 Å². The van der Waals surface area contributed by atoms with Crippen molar-refractivity contribution in [2.45, 2.75) is 18.8 Å². The van der Waals surface area contributed by atoms with Gasteiger partial charge in [-0.05, 0) is 36.7 Å². The minimum absolute atomic E-state index is 0.148. The third-order valence-electron chi connectivity index (χ3n) is 2.15. The Balaban J connectivity index is 3.27. The van der Waals surface area contributed by atoms with Gasteiger partial charge in [-0.3, -0.25) is 0 Å². The fourth-order valence-electron chi connectivity index (χ4n) is 1.41. The minimum Gasteiger partial charge on any atom is -0.330 e. The Labute approximate surface area is 93.2 Å². The van der Waals surface area contributed by atoms with Crippen LogP contribution in [0, 0.1) is 0 Å². The van der Waals surface area contributed by atoms with Gasteiger partial charge in [-0.1, -0.05) is 0 Å². The van der Waals surface area contributed by atoms with E-state index in [1.807, 2.05) is 0 Å². The third kappa shape index (κ3) is 3.36. The van der Waals surface area contributed by atoms with Crippen molar-refractivity contribution in [1.29, 1.82) is 0 Å². The van der Waals surface area contributed by atoms with E-state index in [1.165, 1.54) is 0 Å². The van der Waals surface area contributed by atoms with Crippen LogP contribution in [0.4, 0.5) is 26.3 Å². The number of rotatable bonds is 2. The van der Waals surface area contributed by atoms with E-state index in [9.17, 15) is 26.3 Å². The average Bonchev–Trinajstić information content (AvgIpc) is 2.15. The van der Waals surface area contributed by atoms with Gasteiger partial charge in [0, 0.05) is 0 Å². The molecule has 1 rings (SSSR count). The lowest BCUT2D eigenvalue weighted by atomic mass is 10.0. The van der Waals surface area contributed by atoms with Gasteiger partial charge < -0.3 is 5.73 Å². The molecule has 0 heterocycles. The second-order valence-electron chi connectivity index (χ2n) is 3.41. The van der Waals surface area contributed by atoms with Crippen LogP contribution < -0.4 is 5.73 Å². The second-order valence-corrected chi connectivity index (χ2v) is 3.41. The van der Waals surface area contributed by atoms with Gasteiger partial charge in [0.25, 0.3) is 0 Å². The highest BCUT2D eigenvalue weighted by Crippen LogP contribution is 2.36. The van der Waals surface area contributed by atoms with Crippen LogP contribution >= 0.6 is 0 Å². The molecule has 96 valence electrons. The Hall–Kier alpha value is -1.24. The van der Waals surface area contributed by atoms with Crippen molar-refractivity contribution >= 4 is 0 Å². The molecule has 0 saturated heterocycles. The van der Waals surface area contributed by atoms with Crippen LogP contribution in [0.5, 0.6) is 0 Å². The molecule has 17 heavy (non-hydrogen) atoms. The first-order chi connectivity index (χ1) is 7.66. The predicted octanol–water partition coefficient (Wildman–Crippen LogP) is 3.23. The van der Waals surface area contributed by atoms with E-state index in [-0.39, 0.29) is 13.0 Å². The first kappa shape index (κ1) is 13.8. The standard InChI is InChI=1S/C10H9F6N/c11-9(12,13)7-1-2-8(10(14,15)16)6(5-7)3-4-17/h1-2,5H,3-4,17H2. The van der Waals surface area contributed by atoms with E-state index < -0.39 is 29.0 Å². The van der Waals surface area contributed by atoms with Crippen LogP contribution in [0.3, 0.4) is 0 Å². The van der Waals surface area contributed by atoms with Crippen LogP contribution in [0.2, 0.25) is 0 Å². The fraction of sp³-hybridized carbons (Fsp3) is 0.400. The predicted molar refractivity (Wildman–Crippen MR) is 49.2 cm³/mol. The summed E-state index contributed by atoms with van der Waals surface area (Å²) in [5, 5.41) is 0. The van der Waals surface area contributed by atoms with Gasteiger partial charge in [0.05, 0.1) is 11.1 Å². The van der Waals surface area contributed by atoms with Crippen LogP contribution in [0.1, 0.15) is 16.7 Å². The number of halogens is 6. The maximum Gasteiger partial charge on any atom is 0.416 e. The molecule has 0 unspecified atom stereocenters. The number of alkyl halides is 6. The first-order valence-corrected chi connectivity index (χ1v) is 4.63. The molecule has 2 N–H and O–H groups in total. The zero-order valence-electron chi connectivity index (χ0n) is 8.49. The van der Waals surface area contributed by atoms with Gasteiger partial charge in [-0.25, -0.2) is 0 Å². The highest BCUT2D eigenvalue weighted by molar-refractivity contribution is 5.35. The zero-order valence-corrected chi connectivity index (χ0v) is 8.49. The summed E-state index contributed by atoms with van der Waals surface area (Å²) < 4.78 is 74.4. The maximum absolute atomic E-state index is 12.5. The number of hydrogen-bond donors (Lipinski definition) is 1. The quantitative estimate of drug-likeness (QED) is 0.809. The Bertz CT molecular complexity index is 393. The molecule has 0 aromatic heterocycles. The van der Waals surface area contributed by atoms with Gasteiger partial charge >= 0.3 is 12.4 Å². The van der Waals surface area contributed by atoms with Crippen LogP contribution in [-0.2, 0) is 18.8 Å². The Morgan fingerprint density at radius 3 is 1.94 bits per heavy atom. The summed E-state index contributed by atoms with van der Waals surface area (Å²) in [5.74, 6) is 0. The van der Waals surface area contributed by atoms with Crippen LogP contribution in [-0.4, -0.2) is 6.54 Å². The highest BCUT2D eigenvalue weighted by atomic mass is 19.4.